The molecule has 1 aromatic carbocycles. The number of rotatable bonds is 4. The lowest BCUT2D eigenvalue weighted by molar-refractivity contribution is -0.140. The highest BCUT2D eigenvalue weighted by molar-refractivity contribution is 6.05. The summed E-state index contributed by atoms with van der Waals surface area (Å²) in [7, 11) is 0. The molecule has 0 bridgehead atoms. The summed E-state index contributed by atoms with van der Waals surface area (Å²) in [6.45, 7) is 2.65. The van der Waals surface area contributed by atoms with E-state index in [-0.39, 0.29) is 23.7 Å². The number of amides is 2. The second-order valence-corrected chi connectivity index (χ2v) is 5.60. The first kappa shape index (κ1) is 13.9. The van der Waals surface area contributed by atoms with Gasteiger partial charge in [0.15, 0.2) is 0 Å². The fourth-order valence-corrected chi connectivity index (χ4v) is 3.05. The first-order valence-electron chi connectivity index (χ1n) is 7.37. The van der Waals surface area contributed by atoms with Crippen molar-refractivity contribution >= 4 is 11.8 Å². The SMILES string of the molecule is Cc1ccccc1OCCN1C(=O)[C@@H]2CC=CC[C@H]2C1=O. The van der Waals surface area contributed by atoms with Crippen LogP contribution >= 0.6 is 0 Å². The third kappa shape index (κ3) is 2.58. The van der Waals surface area contributed by atoms with Gasteiger partial charge in [-0.2, -0.15) is 0 Å². The third-order valence-corrected chi connectivity index (χ3v) is 4.26. The molecule has 1 fully saturated rings. The number of hydrogen-bond donors (Lipinski definition) is 0. The van der Waals surface area contributed by atoms with Gasteiger partial charge in [-0.1, -0.05) is 30.4 Å². The normalized spacial score (nSPS) is 24.3. The molecule has 3 rings (SSSR count). The van der Waals surface area contributed by atoms with Crippen LogP contribution in [0.4, 0.5) is 0 Å². The smallest absolute Gasteiger partial charge is 0.233 e. The summed E-state index contributed by atoms with van der Waals surface area (Å²) in [5.74, 6) is 0.420. The molecule has 0 radical (unpaired) electrons. The molecule has 1 aliphatic heterocycles. The zero-order valence-corrected chi connectivity index (χ0v) is 12.1. The summed E-state index contributed by atoms with van der Waals surface area (Å²) < 4.78 is 5.69. The molecule has 1 aromatic rings. The van der Waals surface area contributed by atoms with Crippen molar-refractivity contribution in [3.8, 4) is 5.75 Å². The van der Waals surface area contributed by atoms with E-state index in [9.17, 15) is 9.59 Å². The van der Waals surface area contributed by atoms with E-state index in [2.05, 4.69) is 0 Å². The van der Waals surface area contributed by atoms with Crippen molar-refractivity contribution in [1.29, 1.82) is 0 Å². The average molecular weight is 285 g/mol. The van der Waals surface area contributed by atoms with Crippen LogP contribution in [0.1, 0.15) is 18.4 Å². The Bertz CT molecular complexity index is 567. The Morgan fingerprint density at radius 2 is 1.71 bits per heavy atom. The maximum atomic E-state index is 12.3. The molecule has 4 nitrogen and oxygen atoms in total. The van der Waals surface area contributed by atoms with Crippen LogP contribution in [0, 0.1) is 18.8 Å². The zero-order chi connectivity index (χ0) is 14.8. The molecule has 4 heteroatoms. The van der Waals surface area contributed by atoms with Gasteiger partial charge in [-0.15, -0.1) is 0 Å². The zero-order valence-electron chi connectivity index (χ0n) is 12.1. The number of ether oxygens (including phenoxy) is 1. The van der Waals surface area contributed by atoms with Crippen LogP contribution in [0.3, 0.4) is 0 Å². The molecule has 1 aliphatic carbocycles. The van der Waals surface area contributed by atoms with Crippen LogP contribution in [0.5, 0.6) is 5.75 Å². The number of imide groups is 1. The van der Waals surface area contributed by atoms with Crippen LogP contribution in [-0.4, -0.2) is 29.9 Å². The van der Waals surface area contributed by atoms with E-state index in [1.807, 2.05) is 43.3 Å². The topological polar surface area (TPSA) is 46.6 Å². The van der Waals surface area contributed by atoms with E-state index >= 15 is 0 Å². The number of para-hydroxylation sites is 1. The fourth-order valence-electron chi connectivity index (χ4n) is 3.05. The Morgan fingerprint density at radius 3 is 2.33 bits per heavy atom. The van der Waals surface area contributed by atoms with E-state index < -0.39 is 0 Å². The van der Waals surface area contributed by atoms with Crippen molar-refractivity contribution in [3.05, 3.63) is 42.0 Å². The van der Waals surface area contributed by atoms with Gasteiger partial charge >= 0.3 is 0 Å². The number of carbonyl (C=O) groups excluding carboxylic acids is 2. The van der Waals surface area contributed by atoms with Gasteiger partial charge in [0.1, 0.15) is 12.4 Å². The number of aryl methyl sites for hydroxylation is 1. The van der Waals surface area contributed by atoms with Crippen LogP contribution in [0.25, 0.3) is 0 Å². The summed E-state index contributed by atoms with van der Waals surface area (Å²) in [5, 5.41) is 0. The maximum Gasteiger partial charge on any atom is 0.233 e. The molecule has 1 heterocycles. The summed E-state index contributed by atoms with van der Waals surface area (Å²) in [6.07, 6.45) is 5.37. The number of fused-ring (bicyclic) bond motifs is 1. The van der Waals surface area contributed by atoms with Crippen molar-refractivity contribution in [2.45, 2.75) is 19.8 Å². The number of hydrogen-bond acceptors (Lipinski definition) is 3. The van der Waals surface area contributed by atoms with Crippen molar-refractivity contribution < 1.29 is 14.3 Å². The molecular formula is C17H19NO3. The van der Waals surface area contributed by atoms with E-state index in [0.29, 0.717) is 26.0 Å². The van der Waals surface area contributed by atoms with Gasteiger partial charge in [0.05, 0.1) is 18.4 Å². The van der Waals surface area contributed by atoms with Crippen molar-refractivity contribution in [2.24, 2.45) is 11.8 Å². The minimum absolute atomic E-state index is 0.0391. The molecule has 1 saturated heterocycles. The lowest BCUT2D eigenvalue weighted by Crippen LogP contribution is -2.34. The number of carbonyl (C=O) groups is 2. The van der Waals surface area contributed by atoms with Gasteiger partial charge in [-0.3, -0.25) is 14.5 Å². The van der Waals surface area contributed by atoms with E-state index in [0.717, 1.165) is 11.3 Å². The van der Waals surface area contributed by atoms with Crippen molar-refractivity contribution in [2.75, 3.05) is 13.2 Å². The molecule has 0 saturated carbocycles. The summed E-state index contributed by atoms with van der Waals surface area (Å²) >= 11 is 0. The predicted octanol–water partition coefficient (Wildman–Crippen LogP) is 2.33. The molecule has 0 N–H and O–H groups in total. The van der Waals surface area contributed by atoms with E-state index in [1.54, 1.807) is 0 Å². The first-order chi connectivity index (χ1) is 10.2. The Hall–Kier alpha value is -2.10. The average Bonchev–Trinajstić information content (AvgIpc) is 2.74. The molecule has 2 atom stereocenters. The van der Waals surface area contributed by atoms with Crippen molar-refractivity contribution in [3.63, 3.8) is 0 Å². The number of allylic oxidation sites excluding steroid dienone is 2. The largest absolute Gasteiger partial charge is 0.491 e. The van der Waals surface area contributed by atoms with Crippen LogP contribution in [0.15, 0.2) is 36.4 Å². The summed E-state index contributed by atoms with van der Waals surface area (Å²) in [4.78, 5) is 25.9. The monoisotopic (exact) mass is 285 g/mol. The van der Waals surface area contributed by atoms with Crippen molar-refractivity contribution in [1.82, 2.24) is 4.90 Å². The molecule has 21 heavy (non-hydrogen) atoms. The Morgan fingerprint density at radius 1 is 1.10 bits per heavy atom. The highest BCUT2D eigenvalue weighted by atomic mass is 16.5. The molecular weight excluding hydrogens is 266 g/mol. The second-order valence-electron chi connectivity index (χ2n) is 5.60. The second kappa shape index (κ2) is 5.72. The Labute approximate surface area is 124 Å². The van der Waals surface area contributed by atoms with Crippen LogP contribution < -0.4 is 4.74 Å². The highest BCUT2D eigenvalue weighted by Gasteiger charge is 2.46. The summed E-state index contributed by atoms with van der Waals surface area (Å²) in [5.41, 5.74) is 1.05. The first-order valence-corrected chi connectivity index (χ1v) is 7.37. The van der Waals surface area contributed by atoms with Crippen LogP contribution in [0.2, 0.25) is 0 Å². The fraction of sp³-hybridized carbons (Fsp3) is 0.412. The minimum Gasteiger partial charge on any atom is -0.491 e. The van der Waals surface area contributed by atoms with Gasteiger partial charge < -0.3 is 4.74 Å². The quantitative estimate of drug-likeness (QED) is 0.630. The Kier molecular flexibility index (Phi) is 3.78. The third-order valence-electron chi connectivity index (χ3n) is 4.26. The number of benzene rings is 1. The number of likely N-dealkylation sites (tertiary alicyclic amines) is 1. The summed E-state index contributed by atoms with van der Waals surface area (Å²) in [6, 6.07) is 7.73. The predicted molar refractivity (Wildman–Crippen MR) is 78.7 cm³/mol. The maximum absolute atomic E-state index is 12.3. The molecule has 0 unspecified atom stereocenters. The van der Waals surface area contributed by atoms with Gasteiger partial charge in [0, 0.05) is 0 Å². The number of nitrogens with zero attached hydrogens (tertiary/aromatic N) is 1. The molecule has 2 aliphatic rings. The molecule has 110 valence electrons. The lowest BCUT2D eigenvalue weighted by atomic mass is 9.85. The standard InChI is InChI=1S/C17H19NO3/c1-12-6-2-5-9-15(12)21-11-10-18-16(19)13-7-3-4-8-14(13)17(18)20/h2-6,9,13-14H,7-8,10-11H2,1H3/t13-,14-/m1/s1. The molecule has 0 aromatic heterocycles. The van der Waals surface area contributed by atoms with Gasteiger partial charge in [-0.05, 0) is 31.4 Å². The van der Waals surface area contributed by atoms with E-state index in [1.165, 1.54) is 4.90 Å². The molecule has 2 amide bonds. The minimum atomic E-state index is -0.152. The van der Waals surface area contributed by atoms with E-state index in [4.69, 9.17) is 4.74 Å². The Balaban J connectivity index is 1.60. The lowest BCUT2D eigenvalue weighted by Gasteiger charge is -2.16. The van der Waals surface area contributed by atoms with Gasteiger partial charge in [0.2, 0.25) is 11.8 Å². The molecule has 0 spiro atoms. The van der Waals surface area contributed by atoms with Gasteiger partial charge in [0.25, 0.3) is 0 Å². The van der Waals surface area contributed by atoms with Crippen LogP contribution in [-0.2, 0) is 9.59 Å². The highest BCUT2D eigenvalue weighted by Crippen LogP contribution is 2.34. The van der Waals surface area contributed by atoms with Gasteiger partial charge in [-0.25, -0.2) is 0 Å².